The number of hydrogen-bond acceptors (Lipinski definition) is 4. The molecule has 0 radical (unpaired) electrons. The summed E-state index contributed by atoms with van der Waals surface area (Å²) in [5.74, 6) is 0.944. The molecule has 41 heavy (non-hydrogen) atoms. The van der Waals surface area contributed by atoms with Crippen LogP contribution in [0.1, 0.15) is 49.7 Å². The zero-order chi connectivity index (χ0) is 28.4. The first-order valence-corrected chi connectivity index (χ1v) is 15.2. The van der Waals surface area contributed by atoms with Crippen LogP contribution in [0.3, 0.4) is 0 Å². The molecule has 6 rings (SSSR count). The first-order valence-electron chi connectivity index (χ1n) is 14.3. The molecule has 0 saturated heterocycles. The van der Waals surface area contributed by atoms with Crippen LogP contribution in [0.25, 0.3) is 22.0 Å². The third-order valence-corrected chi connectivity index (χ3v) is 9.10. The van der Waals surface area contributed by atoms with E-state index in [1.54, 1.807) is 0 Å². The normalized spacial score (nSPS) is 14.6. The van der Waals surface area contributed by atoms with Crippen molar-refractivity contribution in [2.75, 3.05) is 0 Å². The average molecular weight is 558 g/mol. The van der Waals surface area contributed by atoms with Crippen molar-refractivity contribution in [3.63, 3.8) is 0 Å². The summed E-state index contributed by atoms with van der Waals surface area (Å²) in [6, 6.07) is 31.9. The first-order chi connectivity index (χ1) is 19.9. The van der Waals surface area contributed by atoms with Crippen molar-refractivity contribution in [1.82, 2.24) is 9.55 Å². The summed E-state index contributed by atoms with van der Waals surface area (Å²) in [5, 5.41) is 11.3. The Morgan fingerprint density at radius 2 is 1.73 bits per heavy atom. The lowest BCUT2D eigenvalue weighted by molar-refractivity contribution is 0.298. The molecular formula is C36H35N3OS. The number of pyridine rings is 1. The molecule has 0 spiro atoms. The fourth-order valence-corrected chi connectivity index (χ4v) is 7.13. The molecule has 0 aliphatic carbocycles. The highest BCUT2D eigenvalue weighted by atomic mass is 32.2. The van der Waals surface area contributed by atoms with E-state index in [0.717, 1.165) is 42.0 Å². The predicted molar refractivity (Wildman–Crippen MR) is 168 cm³/mol. The lowest BCUT2D eigenvalue weighted by Crippen LogP contribution is -2.18. The molecule has 0 bridgehead atoms. The molecule has 2 aromatic heterocycles. The molecule has 1 atom stereocenters. The molecule has 5 aromatic rings. The number of benzene rings is 3. The minimum Gasteiger partial charge on any atom is -0.487 e. The second kappa shape index (κ2) is 11.5. The van der Waals surface area contributed by atoms with Gasteiger partial charge in [0.05, 0.1) is 17.3 Å². The Morgan fingerprint density at radius 3 is 2.44 bits per heavy atom. The maximum Gasteiger partial charge on any atom is 0.130 e. The van der Waals surface area contributed by atoms with Gasteiger partial charge in [-0.2, -0.15) is 5.26 Å². The van der Waals surface area contributed by atoms with E-state index >= 15 is 0 Å². The van der Waals surface area contributed by atoms with Crippen molar-refractivity contribution >= 4 is 22.7 Å². The van der Waals surface area contributed by atoms with E-state index in [9.17, 15) is 5.26 Å². The number of hydrogen-bond donors (Lipinski definition) is 0. The smallest absolute Gasteiger partial charge is 0.130 e. The Hall–Kier alpha value is -4.01. The number of nitrogens with zero attached hydrogens (tertiary/aromatic N) is 3. The van der Waals surface area contributed by atoms with Crippen molar-refractivity contribution in [3.05, 3.63) is 114 Å². The lowest BCUT2D eigenvalue weighted by Gasteiger charge is -2.25. The fraction of sp³-hybridized carbons (Fsp3) is 0.278. The van der Waals surface area contributed by atoms with E-state index < -0.39 is 0 Å². The zero-order valence-corrected chi connectivity index (χ0v) is 24.7. The molecule has 5 heteroatoms. The van der Waals surface area contributed by atoms with Crippen LogP contribution in [-0.4, -0.2) is 14.8 Å². The number of nitriles is 1. The quantitative estimate of drug-likeness (QED) is 0.182. The SMILES string of the molecule is CC1Cc2c(OCc3ccc(-c4ccccc4)cn3)ccc3c2c(c(CC(C)(C)CC#N)n3Cc2ccccc2)S1. The summed E-state index contributed by atoms with van der Waals surface area (Å²) in [6.45, 7) is 7.95. The summed E-state index contributed by atoms with van der Waals surface area (Å²) in [7, 11) is 0. The van der Waals surface area contributed by atoms with E-state index in [1.165, 1.54) is 32.6 Å². The van der Waals surface area contributed by atoms with Gasteiger partial charge in [-0.15, -0.1) is 11.8 Å². The van der Waals surface area contributed by atoms with Gasteiger partial charge in [-0.05, 0) is 47.6 Å². The van der Waals surface area contributed by atoms with Crippen molar-refractivity contribution in [3.8, 4) is 22.9 Å². The van der Waals surface area contributed by atoms with Crippen LogP contribution < -0.4 is 4.74 Å². The minimum absolute atomic E-state index is 0.119. The van der Waals surface area contributed by atoms with Crippen LogP contribution >= 0.6 is 11.8 Å². The van der Waals surface area contributed by atoms with Crippen molar-refractivity contribution in [1.29, 1.82) is 5.26 Å². The van der Waals surface area contributed by atoms with E-state index in [4.69, 9.17) is 9.72 Å². The maximum absolute atomic E-state index is 9.53. The molecule has 3 heterocycles. The number of aromatic nitrogens is 2. The highest BCUT2D eigenvalue weighted by molar-refractivity contribution is 8.00. The molecule has 1 unspecified atom stereocenters. The van der Waals surface area contributed by atoms with Gasteiger partial charge in [-0.25, -0.2) is 0 Å². The highest BCUT2D eigenvalue weighted by Crippen LogP contribution is 2.48. The summed E-state index contributed by atoms with van der Waals surface area (Å²) < 4.78 is 8.98. The molecule has 1 aliphatic heterocycles. The molecule has 0 amide bonds. The second-order valence-electron chi connectivity index (χ2n) is 11.8. The number of rotatable bonds is 9. The van der Waals surface area contributed by atoms with Crippen molar-refractivity contribution in [2.45, 2.75) is 63.3 Å². The van der Waals surface area contributed by atoms with Crippen molar-refractivity contribution in [2.24, 2.45) is 5.41 Å². The molecular weight excluding hydrogens is 522 g/mol. The first kappa shape index (κ1) is 27.2. The van der Waals surface area contributed by atoms with Gasteiger partial charge >= 0.3 is 0 Å². The van der Waals surface area contributed by atoms with Crippen LogP contribution in [-0.2, 0) is 26.0 Å². The second-order valence-corrected chi connectivity index (χ2v) is 13.2. The largest absolute Gasteiger partial charge is 0.487 e. The summed E-state index contributed by atoms with van der Waals surface area (Å²) in [6.07, 6.45) is 4.26. The Bertz CT molecular complexity index is 1700. The van der Waals surface area contributed by atoms with Gasteiger partial charge in [-0.3, -0.25) is 4.98 Å². The molecule has 0 N–H and O–H groups in total. The van der Waals surface area contributed by atoms with Gasteiger partial charge < -0.3 is 9.30 Å². The zero-order valence-electron chi connectivity index (χ0n) is 23.9. The molecule has 0 saturated carbocycles. The van der Waals surface area contributed by atoms with Gasteiger partial charge in [0.2, 0.25) is 0 Å². The third kappa shape index (κ3) is 5.76. The van der Waals surface area contributed by atoms with Crippen molar-refractivity contribution < 1.29 is 4.74 Å². The third-order valence-electron chi connectivity index (χ3n) is 7.86. The molecule has 1 aliphatic rings. The predicted octanol–water partition coefficient (Wildman–Crippen LogP) is 8.85. The molecule has 4 nitrogen and oxygen atoms in total. The van der Waals surface area contributed by atoms with E-state index in [0.29, 0.717) is 18.3 Å². The van der Waals surface area contributed by atoms with Gasteiger partial charge in [0.1, 0.15) is 12.4 Å². The highest BCUT2D eigenvalue weighted by Gasteiger charge is 2.31. The molecule has 0 fully saturated rings. The minimum atomic E-state index is -0.119. The van der Waals surface area contributed by atoms with Gasteiger partial charge in [0.25, 0.3) is 0 Å². The van der Waals surface area contributed by atoms with Gasteiger partial charge in [0.15, 0.2) is 0 Å². The molecule has 206 valence electrons. The van der Waals surface area contributed by atoms with Crippen LogP contribution in [0.15, 0.2) is 96.0 Å². The van der Waals surface area contributed by atoms with E-state index in [1.807, 2.05) is 36.2 Å². The fourth-order valence-electron chi connectivity index (χ4n) is 5.82. The topological polar surface area (TPSA) is 50.8 Å². The van der Waals surface area contributed by atoms with Gasteiger partial charge in [0, 0.05) is 51.5 Å². The number of thioether (sulfide) groups is 1. The standard InChI is InChI=1S/C36H35N3OS/c1-25-20-30-33(40-24-29-15-14-28(22-38-29)27-12-8-5-9-13-27)17-16-31-34(30)35(41-25)32(21-36(2,3)18-19-37)39(31)23-26-10-6-4-7-11-26/h4-17,22,25H,18,20-21,23-24H2,1-3H3. The van der Waals surface area contributed by atoms with E-state index in [-0.39, 0.29) is 5.41 Å². The van der Waals surface area contributed by atoms with Crippen LogP contribution in [0.5, 0.6) is 5.75 Å². The van der Waals surface area contributed by atoms with Gasteiger partial charge in [-0.1, -0.05) is 87.5 Å². The Labute approximate surface area is 247 Å². The summed E-state index contributed by atoms with van der Waals surface area (Å²) in [5.41, 5.74) is 8.21. The van der Waals surface area contributed by atoms with Crippen LogP contribution in [0.4, 0.5) is 0 Å². The Kier molecular flexibility index (Phi) is 7.60. The van der Waals surface area contributed by atoms with Crippen LogP contribution in [0, 0.1) is 16.7 Å². The summed E-state index contributed by atoms with van der Waals surface area (Å²) >= 11 is 1.97. The maximum atomic E-state index is 9.53. The van der Waals surface area contributed by atoms with Crippen LogP contribution in [0.2, 0.25) is 0 Å². The molecule has 3 aromatic carbocycles. The Balaban J connectivity index is 1.36. The van der Waals surface area contributed by atoms with E-state index in [2.05, 4.69) is 98.1 Å². The average Bonchev–Trinajstić information content (AvgIpc) is 3.25. The number of ether oxygens (including phenoxy) is 1. The lowest BCUT2D eigenvalue weighted by atomic mass is 9.85. The Morgan fingerprint density at radius 1 is 0.976 bits per heavy atom. The summed E-state index contributed by atoms with van der Waals surface area (Å²) in [4.78, 5) is 6.05. The monoisotopic (exact) mass is 557 g/mol.